The Hall–Kier alpha value is -1.55. The summed E-state index contributed by atoms with van der Waals surface area (Å²) in [6.07, 6.45) is 2.65. The van der Waals surface area contributed by atoms with E-state index in [0.29, 0.717) is 18.9 Å². The number of benzene rings is 1. The number of para-hydroxylation sites is 1. The molecule has 2 atom stereocenters. The van der Waals surface area contributed by atoms with Gasteiger partial charge in [-0.05, 0) is 30.4 Å². The SMILES string of the molecule is NC(CNC(=O)C1Cc2ccccc2O1)C1CC1. The minimum absolute atomic E-state index is 0.0534. The summed E-state index contributed by atoms with van der Waals surface area (Å²) in [7, 11) is 0. The zero-order valence-electron chi connectivity index (χ0n) is 10.3. The fourth-order valence-electron chi connectivity index (χ4n) is 2.35. The molecule has 0 bridgehead atoms. The molecule has 1 aromatic carbocycles. The molecule has 2 aliphatic rings. The quantitative estimate of drug-likeness (QED) is 0.827. The number of nitrogens with one attached hydrogen (secondary N) is 1. The Morgan fingerprint density at radius 2 is 2.22 bits per heavy atom. The Labute approximate surface area is 107 Å². The van der Waals surface area contributed by atoms with Crippen molar-refractivity contribution in [3.8, 4) is 5.75 Å². The minimum Gasteiger partial charge on any atom is -0.480 e. The van der Waals surface area contributed by atoms with Gasteiger partial charge in [0.15, 0.2) is 6.10 Å². The first-order valence-corrected chi connectivity index (χ1v) is 6.52. The molecular weight excluding hydrogens is 228 g/mol. The molecular formula is C14H18N2O2. The molecule has 18 heavy (non-hydrogen) atoms. The summed E-state index contributed by atoms with van der Waals surface area (Å²) in [5, 5.41) is 2.89. The molecule has 4 heteroatoms. The van der Waals surface area contributed by atoms with E-state index in [1.807, 2.05) is 24.3 Å². The molecule has 0 saturated heterocycles. The Kier molecular flexibility index (Phi) is 2.96. The zero-order valence-corrected chi connectivity index (χ0v) is 10.3. The topological polar surface area (TPSA) is 64.3 Å². The van der Waals surface area contributed by atoms with Crippen LogP contribution in [0.25, 0.3) is 0 Å². The summed E-state index contributed by atoms with van der Waals surface area (Å²) in [4.78, 5) is 12.0. The van der Waals surface area contributed by atoms with Crippen molar-refractivity contribution in [2.24, 2.45) is 11.7 Å². The van der Waals surface area contributed by atoms with Crippen molar-refractivity contribution in [1.82, 2.24) is 5.32 Å². The second-order valence-electron chi connectivity index (χ2n) is 5.16. The number of carbonyl (C=O) groups excluding carboxylic acids is 1. The van der Waals surface area contributed by atoms with Crippen molar-refractivity contribution >= 4 is 5.91 Å². The van der Waals surface area contributed by atoms with Crippen LogP contribution in [-0.4, -0.2) is 24.6 Å². The molecule has 1 aromatic rings. The summed E-state index contributed by atoms with van der Waals surface area (Å²) >= 11 is 0. The van der Waals surface area contributed by atoms with Gasteiger partial charge in [-0.2, -0.15) is 0 Å². The third-order valence-electron chi connectivity index (χ3n) is 3.68. The van der Waals surface area contributed by atoms with Gasteiger partial charge < -0.3 is 15.8 Å². The number of carbonyl (C=O) groups is 1. The molecule has 1 amide bonds. The standard InChI is InChI=1S/C14H18N2O2/c15-11(9-5-6-9)8-16-14(17)13-7-10-3-1-2-4-12(10)18-13/h1-4,9,11,13H,5-8,15H2,(H,16,17). The van der Waals surface area contributed by atoms with E-state index in [0.717, 1.165) is 11.3 Å². The summed E-state index contributed by atoms with van der Waals surface area (Å²) in [6, 6.07) is 7.88. The molecule has 3 rings (SSSR count). The average Bonchev–Trinajstić information content (AvgIpc) is 3.14. The Bertz CT molecular complexity index is 432. The predicted molar refractivity (Wildman–Crippen MR) is 68.3 cm³/mol. The van der Waals surface area contributed by atoms with E-state index < -0.39 is 6.10 Å². The van der Waals surface area contributed by atoms with Gasteiger partial charge >= 0.3 is 0 Å². The lowest BCUT2D eigenvalue weighted by Gasteiger charge is -2.14. The average molecular weight is 246 g/mol. The molecule has 96 valence electrons. The van der Waals surface area contributed by atoms with Crippen molar-refractivity contribution in [3.63, 3.8) is 0 Å². The highest BCUT2D eigenvalue weighted by Crippen LogP contribution is 2.31. The van der Waals surface area contributed by atoms with E-state index in [1.165, 1.54) is 12.8 Å². The van der Waals surface area contributed by atoms with Gasteiger partial charge in [0, 0.05) is 19.0 Å². The minimum atomic E-state index is -0.395. The predicted octanol–water partition coefficient (Wildman–Crippen LogP) is 0.844. The lowest BCUT2D eigenvalue weighted by atomic mass is 10.1. The van der Waals surface area contributed by atoms with Crippen molar-refractivity contribution < 1.29 is 9.53 Å². The van der Waals surface area contributed by atoms with Gasteiger partial charge in [0.25, 0.3) is 5.91 Å². The number of rotatable bonds is 4. The molecule has 0 spiro atoms. The first kappa shape index (κ1) is 11.5. The Morgan fingerprint density at radius 1 is 1.44 bits per heavy atom. The maximum absolute atomic E-state index is 12.0. The number of hydrogen-bond donors (Lipinski definition) is 2. The highest BCUT2D eigenvalue weighted by molar-refractivity contribution is 5.82. The van der Waals surface area contributed by atoms with Crippen molar-refractivity contribution in [2.45, 2.75) is 31.4 Å². The van der Waals surface area contributed by atoms with Crippen molar-refractivity contribution in [1.29, 1.82) is 0 Å². The first-order valence-electron chi connectivity index (χ1n) is 6.52. The van der Waals surface area contributed by atoms with Gasteiger partial charge in [0.05, 0.1) is 0 Å². The van der Waals surface area contributed by atoms with Crippen molar-refractivity contribution in [3.05, 3.63) is 29.8 Å². The van der Waals surface area contributed by atoms with Gasteiger partial charge in [-0.1, -0.05) is 18.2 Å². The van der Waals surface area contributed by atoms with E-state index in [4.69, 9.17) is 10.5 Å². The number of ether oxygens (including phenoxy) is 1. The van der Waals surface area contributed by atoms with E-state index in [-0.39, 0.29) is 11.9 Å². The van der Waals surface area contributed by atoms with Gasteiger partial charge in [-0.3, -0.25) is 4.79 Å². The molecule has 0 radical (unpaired) electrons. The fraction of sp³-hybridized carbons (Fsp3) is 0.500. The first-order chi connectivity index (χ1) is 8.74. The van der Waals surface area contributed by atoms with E-state index >= 15 is 0 Å². The van der Waals surface area contributed by atoms with Gasteiger partial charge in [0.2, 0.25) is 0 Å². The highest BCUT2D eigenvalue weighted by Gasteiger charge is 2.31. The van der Waals surface area contributed by atoms with E-state index in [2.05, 4.69) is 5.32 Å². The zero-order chi connectivity index (χ0) is 12.5. The monoisotopic (exact) mass is 246 g/mol. The highest BCUT2D eigenvalue weighted by atomic mass is 16.5. The third kappa shape index (κ3) is 2.34. The lowest BCUT2D eigenvalue weighted by Crippen LogP contribution is -2.44. The maximum atomic E-state index is 12.0. The summed E-state index contributed by atoms with van der Waals surface area (Å²) < 4.78 is 5.62. The van der Waals surface area contributed by atoms with Crippen LogP contribution in [0.4, 0.5) is 0 Å². The van der Waals surface area contributed by atoms with Gasteiger partial charge in [0.1, 0.15) is 5.75 Å². The van der Waals surface area contributed by atoms with E-state index in [9.17, 15) is 4.79 Å². The van der Waals surface area contributed by atoms with Crippen LogP contribution in [-0.2, 0) is 11.2 Å². The summed E-state index contributed by atoms with van der Waals surface area (Å²) in [5.74, 6) is 1.37. The molecule has 1 aliphatic carbocycles. The Balaban J connectivity index is 1.52. The summed E-state index contributed by atoms with van der Waals surface area (Å²) in [5.41, 5.74) is 7.06. The fourth-order valence-corrected chi connectivity index (χ4v) is 2.35. The van der Waals surface area contributed by atoms with Crippen molar-refractivity contribution in [2.75, 3.05) is 6.54 Å². The maximum Gasteiger partial charge on any atom is 0.261 e. The number of amides is 1. The molecule has 1 saturated carbocycles. The second-order valence-corrected chi connectivity index (χ2v) is 5.16. The molecule has 2 unspecified atom stereocenters. The number of fused-ring (bicyclic) bond motifs is 1. The Morgan fingerprint density at radius 3 is 2.94 bits per heavy atom. The van der Waals surface area contributed by atoms with Gasteiger partial charge in [-0.25, -0.2) is 0 Å². The van der Waals surface area contributed by atoms with Gasteiger partial charge in [-0.15, -0.1) is 0 Å². The summed E-state index contributed by atoms with van der Waals surface area (Å²) in [6.45, 7) is 0.555. The van der Waals surface area contributed by atoms with Crippen LogP contribution in [0.5, 0.6) is 5.75 Å². The molecule has 1 fully saturated rings. The second kappa shape index (κ2) is 4.61. The number of hydrogen-bond acceptors (Lipinski definition) is 3. The van der Waals surface area contributed by atoms with Crippen LogP contribution >= 0.6 is 0 Å². The van der Waals surface area contributed by atoms with Crippen LogP contribution < -0.4 is 15.8 Å². The van der Waals surface area contributed by atoms with Crippen LogP contribution in [0.3, 0.4) is 0 Å². The molecule has 0 aromatic heterocycles. The van der Waals surface area contributed by atoms with Crippen LogP contribution in [0.15, 0.2) is 24.3 Å². The van der Waals surface area contributed by atoms with Crippen LogP contribution in [0.1, 0.15) is 18.4 Å². The molecule has 1 aliphatic heterocycles. The third-order valence-corrected chi connectivity index (χ3v) is 3.68. The number of nitrogens with two attached hydrogens (primary N) is 1. The lowest BCUT2D eigenvalue weighted by molar-refractivity contribution is -0.127. The molecule has 1 heterocycles. The molecule has 3 N–H and O–H groups in total. The normalized spacial score (nSPS) is 23.1. The van der Waals surface area contributed by atoms with E-state index in [1.54, 1.807) is 0 Å². The largest absolute Gasteiger partial charge is 0.480 e. The smallest absolute Gasteiger partial charge is 0.261 e. The molecule has 4 nitrogen and oxygen atoms in total. The van der Waals surface area contributed by atoms with Crippen LogP contribution in [0, 0.1) is 5.92 Å². The van der Waals surface area contributed by atoms with Crippen LogP contribution in [0.2, 0.25) is 0 Å².